The van der Waals surface area contributed by atoms with E-state index in [1.165, 1.54) is 30.5 Å². The fourth-order valence-electron chi connectivity index (χ4n) is 4.55. The molecule has 1 saturated heterocycles. The van der Waals surface area contributed by atoms with Crippen LogP contribution in [0.5, 0.6) is 0 Å². The lowest BCUT2D eigenvalue weighted by Gasteiger charge is -2.23. The summed E-state index contributed by atoms with van der Waals surface area (Å²) in [6, 6.07) is 17.9. The lowest BCUT2D eigenvalue weighted by Crippen LogP contribution is -2.28. The molecular weight excluding hydrogens is 464 g/mol. The highest BCUT2D eigenvalue weighted by atomic mass is 32.2. The van der Waals surface area contributed by atoms with Crippen molar-refractivity contribution in [2.75, 3.05) is 18.4 Å². The lowest BCUT2D eigenvalue weighted by atomic mass is 9.92. The van der Waals surface area contributed by atoms with Crippen LogP contribution in [-0.4, -0.2) is 41.7 Å². The van der Waals surface area contributed by atoms with Crippen LogP contribution in [0.25, 0.3) is 16.6 Å². The van der Waals surface area contributed by atoms with E-state index < -0.39 is 16.0 Å². The van der Waals surface area contributed by atoms with Crippen molar-refractivity contribution < 1.29 is 17.8 Å². The fourth-order valence-corrected chi connectivity index (χ4v) is 5.18. The number of carbonyl (C=O) groups excluding carboxylic acids is 1. The molecule has 0 aliphatic carbocycles. The van der Waals surface area contributed by atoms with Crippen molar-refractivity contribution >= 4 is 32.6 Å². The van der Waals surface area contributed by atoms with E-state index in [9.17, 15) is 17.8 Å². The van der Waals surface area contributed by atoms with Gasteiger partial charge in [0.05, 0.1) is 16.9 Å². The van der Waals surface area contributed by atoms with E-state index >= 15 is 0 Å². The van der Waals surface area contributed by atoms with Crippen LogP contribution in [0.4, 0.5) is 5.69 Å². The van der Waals surface area contributed by atoms with Gasteiger partial charge in [0.1, 0.15) is 10.4 Å². The summed E-state index contributed by atoms with van der Waals surface area (Å²) in [5.74, 6) is -0.00413. The number of aryl methyl sites for hydroxylation is 1. The Labute approximate surface area is 203 Å². The minimum Gasteiger partial charge on any atom is -0.321 e. The van der Waals surface area contributed by atoms with Crippen molar-refractivity contribution in [1.29, 1.82) is 0 Å². The zero-order chi connectivity index (χ0) is 24.6. The summed E-state index contributed by atoms with van der Waals surface area (Å²) >= 11 is 0. The number of amides is 1. The van der Waals surface area contributed by atoms with Gasteiger partial charge in [0.2, 0.25) is 0 Å². The summed E-state index contributed by atoms with van der Waals surface area (Å²) < 4.78 is 34.8. The third kappa shape index (κ3) is 4.84. The Bertz CT molecular complexity index is 1500. The van der Waals surface area contributed by atoms with E-state index in [0.29, 0.717) is 17.0 Å². The number of fused-ring (bicyclic) bond motifs is 1. The van der Waals surface area contributed by atoms with Crippen LogP contribution in [0.15, 0.2) is 71.8 Å². The highest BCUT2D eigenvalue weighted by Crippen LogP contribution is 2.27. The van der Waals surface area contributed by atoms with Gasteiger partial charge in [-0.25, -0.2) is 4.68 Å². The molecule has 1 aromatic heterocycles. The molecule has 0 spiro atoms. The number of carbonyl (C=O) groups is 1. The zero-order valence-corrected chi connectivity index (χ0v) is 20.0. The van der Waals surface area contributed by atoms with Gasteiger partial charge in [-0.2, -0.15) is 13.5 Å². The molecule has 1 amide bonds. The van der Waals surface area contributed by atoms with E-state index in [-0.39, 0.29) is 10.6 Å². The molecule has 5 rings (SSSR count). The van der Waals surface area contributed by atoms with Crippen LogP contribution in [0.3, 0.4) is 0 Å². The molecule has 8 nitrogen and oxygen atoms in total. The van der Waals surface area contributed by atoms with Gasteiger partial charge in [-0.3, -0.25) is 9.35 Å². The SMILES string of the molecule is Cc1ccc(S(=O)(=O)O)c(NC(=O)c2cccc3cn(-c4ccc([C@@H]5CCCNC5)cc4)nc23)c1. The maximum atomic E-state index is 13.1. The maximum absolute atomic E-state index is 13.1. The van der Waals surface area contributed by atoms with Crippen molar-refractivity contribution in [1.82, 2.24) is 15.1 Å². The van der Waals surface area contributed by atoms with Gasteiger partial charge in [-0.05, 0) is 73.7 Å². The molecule has 3 aromatic carbocycles. The number of benzene rings is 3. The first-order chi connectivity index (χ1) is 16.8. The predicted molar refractivity (Wildman–Crippen MR) is 135 cm³/mol. The topological polar surface area (TPSA) is 113 Å². The molecule has 9 heteroatoms. The van der Waals surface area contributed by atoms with Gasteiger partial charge in [0, 0.05) is 18.1 Å². The minimum atomic E-state index is -4.50. The van der Waals surface area contributed by atoms with E-state index in [1.54, 1.807) is 29.8 Å². The Morgan fingerprint density at radius 3 is 2.66 bits per heavy atom. The quantitative estimate of drug-likeness (QED) is 0.360. The van der Waals surface area contributed by atoms with Crippen LogP contribution < -0.4 is 10.6 Å². The monoisotopic (exact) mass is 490 g/mol. The van der Waals surface area contributed by atoms with Crippen molar-refractivity contribution in [3.8, 4) is 5.69 Å². The van der Waals surface area contributed by atoms with E-state index in [2.05, 4.69) is 27.9 Å². The van der Waals surface area contributed by atoms with Crippen LogP contribution in [0.1, 0.15) is 40.2 Å². The van der Waals surface area contributed by atoms with Crippen molar-refractivity contribution in [3.63, 3.8) is 0 Å². The normalized spacial score (nSPS) is 16.3. The van der Waals surface area contributed by atoms with Crippen LogP contribution in [0.2, 0.25) is 0 Å². The van der Waals surface area contributed by atoms with Crippen LogP contribution in [-0.2, 0) is 10.1 Å². The Morgan fingerprint density at radius 1 is 1.14 bits per heavy atom. The molecule has 4 aromatic rings. The summed E-state index contributed by atoms with van der Waals surface area (Å²) in [6.07, 6.45) is 4.21. The molecule has 0 bridgehead atoms. The van der Waals surface area contributed by atoms with Gasteiger partial charge in [0.15, 0.2) is 0 Å². The minimum absolute atomic E-state index is 0.0155. The molecule has 0 radical (unpaired) electrons. The number of rotatable bonds is 5. The van der Waals surface area contributed by atoms with E-state index in [1.807, 2.05) is 24.4 Å². The fraction of sp³-hybridized carbons (Fsp3) is 0.231. The molecule has 0 saturated carbocycles. The molecule has 1 aliphatic rings. The maximum Gasteiger partial charge on any atom is 0.296 e. The van der Waals surface area contributed by atoms with Gasteiger partial charge >= 0.3 is 0 Å². The van der Waals surface area contributed by atoms with Gasteiger partial charge in [-0.1, -0.05) is 30.3 Å². The Kier molecular flexibility index (Phi) is 6.14. The van der Waals surface area contributed by atoms with E-state index in [4.69, 9.17) is 0 Å². The molecule has 3 N–H and O–H groups in total. The van der Waals surface area contributed by atoms with Gasteiger partial charge < -0.3 is 10.6 Å². The summed E-state index contributed by atoms with van der Waals surface area (Å²) in [6.45, 7) is 3.83. The van der Waals surface area contributed by atoms with Crippen molar-refractivity contribution in [3.05, 3.63) is 83.6 Å². The van der Waals surface area contributed by atoms with Crippen LogP contribution >= 0.6 is 0 Å². The summed E-state index contributed by atoms with van der Waals surface area (Å²) in [5, 5.41) is 11.5. The number of hydrogen-bond donors (Lipinski definition) is 3. The third-order valence-corrected chi connectivity index (χ3v) is 7.28. The van der Waals surface area contributed by atoms with Crippen LogP contribution in [0, 0.1) is 6.92 Å². The Balaban J connectivity index is 1.45. The Morgan fingerprint density at radius 2 is 1.94 bits per heavy atom. The average Bonchev–Trinajstić information content (AvgIpc) is 3.28. The number of hydrogen-bond acceptors (Lipinski definition) is 5. The molecule has 0 unspecified atom stereocenters. The molecule has 1 atom stereocenters. The first-order valence-corrected chi connectivity index (χ1v) is 12.9. The largest absolute Gasteiger partial charge is 0.321 e. The lowest BCUT2D eigenvalue weighted by molar-refractivity contribution is 0.102. The summed E-state index contributed by atoms with van der Waals surface area (Å²) in [5.41, 5.74) is 3.72. The van der Waals surface area contributed by atoms with Gasteiger partial charge in [0.25, 0.3) is 16.0 Å². The molecule has 2 heterocycles. The van der Waals surface area contributed by atoms with E-state index in [0.717, 1.165) is 29.7 Å². The Hall–Kier alpha value is -3.53. The predicted octanol–water partition coefficient (Wildman–Crippen LogP) is 4.30. The second-order valence-electron chi connectivity index (χ2n) is 8.88. The number of piperidine rings is 1. The second-order valence-corrected chi connectivity index (χ2v) is 10.3. The highest BCUT2D eigenvalue weighted by molar-refractivity contribution is 7.86. The summed E-state index contributed by atoms with van der Waals surface area (Å²) in [7, 11) is -4.50. The highest BCUT2D eigenvalue weighted by Gasteiger charge is 2.20. The zero-order valence-electron chi connectivity index (χ0n) is 19.2. The number of nitrogens with zero attached hydrogens (tertiary/aromatic N) is 2. The van der Waals surface area contributed by atoms with Crippen molar-refractivity contribution in [2.45, 2.75) is 30.6 Å². The molecule has 1 aliphatic heterocycles. The second kappa shape index (κ2) is 9.26. The molecule has 35 heavy (non-hydrogen) atoms. The first kappa shape index (κ1) is 23.2. The number of nitrogens with one attached hydrogen (secondary N) is 2. The standard InChI is InChI=1S/C26H26N4O4S/c1-17-7-12-24(35(32,33)34)23(14-17)28-26(31)22-6-2-4-20-16-30(29-25(20)22)21-10-8-18(9-11-21)19-5-3-13-27-15-19/h2,4,6-12,14,16,19,27H,3,5,13,15H2,1H3,(H,28,31)(H,32,33,34)/t19-/m1/s1. The molecule has 1 fully saturated rings. The molecule has 180 valence electrons. The first-order valence-electron chi connectivity index (χ1n) is 11.5. The molecular formula is C26H26N4O4S. The number of aromatic nitrogens is 2. The van der Waals surface area contributed by atoms with Crippen molar-refractivity contribution in [2.24, 2.45) is 0 Å². The summed E-state index contributed by atoms with van der Waals surface area (Å²) in [4.78, 5) is 12.8. The van der Waals surface area contributed by atoms with Gasteiger partial charge in [-0.15, -0.1) is 0 Å². The average molecular weight is 491 g/mol. The third-order valence-electron chi connectivity index (χ3n) is 6.37. The number of anilines is 1. The smallest absolute Gasteiger partial charge is 0.296 e.